The summed E-state index contributed by atoms with van der Waals surface area (Å²) in [5.41, 5.74) is 1.42. The summed E-state index contributed by atoms with van der Waals surface area (Å²) >= 11 is 1.71. The summed E-state index contributed by atoms with van der Waals surface area (Å²) in [7, 11) is 0. The van der Waals surface area contributed by atoms with Crippen LogP contribution >= 0.6 is 11.3 Å². The molecule has 0 saturated carbocycles. The molecule has 3 nitrogen and oxygen atoms in total. The van der Waals surface area contributed by atoms with Gasteiger partial charge in [0.25, 0.3) is 5.91 Å². The Morgan fingerprint density at radius 2 is 2.33 bits per heavy atom. The van der Waals surface area contributed by atoms with Gasteiger partial charge in [0.1, 0.15) is 0 Å². The van der Waals surface area contributed by atoms with Crippen LogP contribution in [0.3, 0.4) is 0 Å². The van der Waals surface area contributed by atoms with Crippen LogP contribution in [-0.2, 0) is 12.8 Å². The Labute approximate surface area is 131 Å². The maximum atomic E-state index is 12.4. The standard InChI is InChI=1S/C17H26N2OS/c1-3-19-8-4-5-14(19)11-18-17(20)16-10-13-9-12(2)6-7-15(13)21-16/h10,12,14H,3-9,11H2,1-2H3,(H,18,20). The number of hydrogen-bond donors (Lipinski definition) is 1. The minimum absolute atomic E-state index is 0.130. The first-order valence-corrected chi connectivity index (χ1v) is 9.12. The summed E-state index contributed by atoms with van der Waals surface area (Å²) < 4.78 is 0. The number of carbonyl (C=O) groups excluding carboxylic acids is 1. The van der Waals surface area contributed by atoms with Gasteiger partial charge in [0.15, 0.2) is 0 Å². The van der Waals surface area contributed by atoms with E-state index in [1.165, 1.54) is 36.2 Å². The van der Waals surface area contributed by atoms with E-state index >= 15 is 0 Å². The highest BCUT2D eigenvalue weighted by molar-refractivity contribution is 7.14. The molecule has 1 amide bonds. The molecule has 1 aliphatic heterocycles. The van der Waals surface area contributed by atoms with Crippen molar-refractivity contribution < 1.29 is 4.79 Å². The number of rotatable bonds is 4. The van der Waals surface area contributed by atoms with Crippen molar-refractivity contribution in [2.24, 2.45) is 5.92 Å². The van der Waals surface area contributed by atoms with Gasteiger partial charge in [0.05, 0.1) is 4.88 Å². The first-order chi connectivity index (χ1) is 10.2. The van der Waals surface area contributed by atoms with Crippen LogP contribution in [-0.4, -0.2) is 36.5 Å². The molecule has 1 fully saturated rings. The largest absolute Gasteiger partial charge is 0.350 e. The second kappa shape index (κ2) is 6.49. The molecule has 1 aromatic rings. The van der Waals surface area contributed by atoms with Crippen LogP contribution in [0, 0.1) is 5.92 Å². The lowest BCUT2D eigenvalue weighted by Gasteiger charge is -2.22. The molecular weight excluding hydrogens is 280 g/mol. The molecule has 4 heteroatoms. The molecule has 0 bridgehead atoms. The molecule has 116 valence electrons. The Balaban J connectivity index is 1.58. The minimum Gasteiger partial charge on any atom is -0.350 e. The van der Waals surface area contributed by atoms with E-state index in [1.807, 2.05) is 0 Å². The van der Waals surface area contributed by atoms with Crippen LogP contribution in [0.1, 0.15) is 53.2 Å². The zero-order valence-corrected chi connectivity index (χ0v) is 14.0. The van der Waals surface area contributed by atoms with Crippen molar-refractivity contribution in [2.45, 2.75) is 52.0 Å². The zero-order chi connectivity index (χ0) is 14.8. The second-order valence-corrected chi connectivity index (χ2v) is 7.68. The lowest BCUT2D eigenvalue weighted by molar-refractivity contribution is 0.0945. The zero-order valence-electron chi connectivity index (χ0n) is 13.2. The number of likely N-dealkylation sites (tertiary alicyclic amines) is 1. The number of fused-ring (bicyclic) bond motifs is 1. The van der Waals surface area contributed by atoms with Gasteiger partial charge in [-0.25, -0.2) is 0 Å². The predicted molar refractivity (Wildman–Crippen MR) is 88.1 cm³/mol. The van der Waals surface area contributed by atoms with Crippen LogP contribution in [0.5, 0.6) is 0 Å². The van der Waals surface area contributed by atoms with E-state index in [4.69, 9.17) is 0 Å². The second-order valence-electron chi connectivity index (χ2n) is 6.54. The molecule has 21 heavy (non-hydrogen) atoms. The lowest BCUT2D eigenvalue weighted by atomic mass is 9.90. The van der Waals surface area contributed by atoms with Crippen molar-refractivity contribution >= 4 is 17.2 Å². The number of carbonyl (C=O) groups is 1. The van der Waals surface area contributed by atoms with Crippen molar-refractivity contribution in [3.8, 4) is 0 Å². The lowest BCUT2D eigenvalue weighted by Crippen LogP contribution is -2.39. The van der Waals surface area contributed by atoms with E-state index in [0.717, 1.165) is 36.7 Å². The molecule has 2 atom stereocenters. The average molecular weight is 306 g/mol. The van der Waals surface area contributed by atoms with Crippen molar-refractivity contribution in [3.05, 3.63) is 21.4 Å². The summed E-state index contributed by atoms with van der Waals surface area (Å²) in [5, 5.41) is 3.16. The average Bonchev–Trinajstić information content (AvgIpc) is 3.10. The fourth-order valence-corrected chi connectivity index (χ4v) is 4.78. The normalized spacial score (nSPS) is 25.8. The van der Waals surface area contributed by atoms with Gasteiger partial charge < -0.3 is 5.32 Å². The van der Waals surface area contributed by atoms with Gasteiger partial charge in [-0.3, -0.25) is 9.69 Å². The maximum absolute atomic E-state index is 12.4. The Bertz CT molecular complexity index is 511. The molecule has 2 aliphatic rings. The molecular formula is C17H26N2OS. The Morgan fingerprint density at radius 1 is 1.48 bits per heavy atom. The van der Waals surface area contributed by atoms with E-state index in [-0.39, 0.29) is 5.91 Å². The molecule has 2 heterocycles. The van der Waals surface area contributed by atoms with Crippen molar-refractivity contribution in [3.63, 3.8) is 0 Å². The van der Waals surface area contributed by atoms with E-state index < -0.39 is 0 Å². The Morgan fingerprint density at radius 3 is 3.14 bits per heavy atom. The Hall–Kier alpha value is -0.870. The fourth-order valence-electron chi connectivity index (χ4n) is 3.66. The highest BCUT2D eigenvalue weighted by Crippen LogP contribution is 2.32. The van der Waals surface area contributed by atoms with E-state index in [0.29, 0.717) is 6.04 Å². The van der Waals surface area contributed by atoms with Crippen molar-refractivity contribution in [1.29, 1.82) is 0 Å². The number of amides is 1. The quantitative estimate of drug-likeness (QED) is 0.927. The molecule has 0 spiro atoms. The SMILES string of the molecule is CCN1CCCC1CNC(=O)c1cc2c(s1)CCC(C)C2. The third-order valence-corrected chi connectivity index (χ3v) is 6.19. The third kappa shape index (κ3) is 3.32. The molecule has 1 saturated heterocycles. The number of nitrogens with zero attached hydrogens (tertiary/aromatic N) is 1. The highest BCUT2D eigenvalue weighted by Gasteiger charge is 2.24. The molecule has 0 aromatic carbocycles. The number of nitrogens with one attached hydrogen (secondary N) is 1. The van der Waals surface area contributed by atoms with Gasteiger partial charge in [0, 0.05) is 17.5 Å². The van der Waals surface area contributed by atoms with Gasteiger partial charge in [-0.1, -0.05) is 13.8 Å². The first kappa shape index (κ1) is 15.0. The molecule has 2 unspecified atom stereocenters. The van der Waals surface area contributed by atoms with Gasteiger partial charge >= 0.3 is 0 Å². The topological polar surface area (TPSA) is 32.3 Å². The summed E-state index contributed by atoms with van der Waals surface area (Å²) in [6.07, 6.45) is 6.04. The van der Waals surface area contributed by atoms with Crippen molar-refractivity contribution in [2.75, 3.05) is 19.6 Å². The third-order valence-electron chi connectivity index (χ3n) is 4.96. The van der Waals surface area contributed by atoms with Crippen LogP contribution in [0.4, 0.5) is 0 Å². The van der Waals surface area contributed by atoms with Gasteiger partial charge in [-0.05, 0) is 62.7 Å². The first-order valence-electron chi connectivity index (χ1n) is 8.31. The monoisotopic (exact) mass is 306 g/mol. The van der Waals surface area contributed by atoms with Crippen molar-refractivity contribution in [1.82, 2.24) is 10.2 Å². The van der Waals surface area contributed by atoms with Crippen LogP contribution < -0.4 is 5.32 Å². The van der Waals surface area contributed by atoms with Gasteiger partial charge in [-0.15, -0.1) is 11.3 Å². The highest BCUT2D eigenvalue weighted by atomic mass is 32.1. The molecule has 3 rings (SSSR count). The summed E-state index contributed by atoms with van der Waals surface area (Å²) in [4.78, 5) is 17.2. The van der Waals surface area contributed by atoms with Crippen LogP contribution in [0.25, 0.3) is 0 Å². The number of aryl methyl sites for hydroxylation is 1. The van der Waals surface area contributed by atoms with Crippen LogP contribution in [0.15, 0.2) is 6.07 Å². The number of hydrogen-bond acceptors (Lipinski definition) is 3. The van der Waals surface area contributed by atoms with Gasteiger partial charge in [-0.2, -0.15) is 0 Å². The number of thiophene rings is 1. The summed E-state index contributed by atoms with van der Waals surface area (Å²) in [6.45, 7) is 7.58. The Kier molecular flexibility index (Phi) is 4.65. The smallest absolute Gasteiger partial charge is 0.261 e. The molecule has 1 N–H and O–H groups in total. The summed E-state index contributed by atoms with van der Waals surface area (Å²) in [6, 6.07) is 2.67. The molecule has 1 aromatic heterocycles. The minimum atomic E-state index is 0.130. The maximum Gasteiger partial charge on any atom is 0.261 e. The molecule has 0 radical (unpaired) electrons. The number of likely N-dealkylation sites (N-methyl/N-ethyl adjacent to an activating group) is 1. The predicted octanol–water partition coefficient (Wildman–Crippen LogP) is 3.09. The van der Waals surface area contributed by atoms with E-state index in [2.05, 4.69) is 30.1 Å². The van der Waals surface area contributed by atoms with Gasteiger partial charge in [0.2, 0.25) is 0 Å². The fraction of sp³-hybridized carbons (Fsp3) is 0.706. The summed E-state index contributed by atoms with van der Waals surface area (Å²) in [5.74, 6) is 0.893. The molecule has 1 aliphatic carbocycles. The van der Waals surface area contributed by atoms with Crippen LogP contribution in [0.2, 0.25) is 0 Å². The van der Waals surface area contributed by atoms with E-state index in [9.17, 15) is 4.79 Å². The van der Waals surface area contributed by atoms with E-state index in [1.54, 1.807) is 11.3 Å².